The van der Waals surface area contributed by atoms with Gasteiger partial charge in [0, 0.05) is 13.1 Å². The number of carbonyl (C=O) groups excluding carboxylic acids is 1. The van der Waals surface area contributed by atoms with Crippen LogP contribution in [0.2, 0.25) is 0 Å². The Bertz CT molecular complexity index is 459. The number of aromatic hydroxyl groups is 2. The molecule has 0 saturated heterocycles. The Morgan fingerprint density at radius 3 is 2.44 bits per heavy atom. The van der Waals surface area contributed by atoms with E-state index in [4.69, 9.17) is 5.26 Å². The molecule has 2 N–H and O–H groups in total. The molecule has 0 aliphatic rings. The first-order valence-electron chi connectivity index (χ1n) is 5.71. The molecule has 0 aliphatic carbocycles. The van der Waals surface area contributed by atoms with E-state index in [0.717, 1.165) is 0 Å². The van der Waals surface area contributed by atoms with Crippen LogP contribution in [0.5, 0.6) is 11.5 Å². The van der Waals surface area contributed by atoms with Crippen LogP contribution in [0.4, 0.5) is 0 Å². The lowest BCUT2D eigenvalue weighted by Crippen LogP contribution is -2.34. The second-order valence-corrected chi connectivity index (χ2v) is 4.05. The molecule has 0 fully saturated rings. The number of phenolic OH excluding ortho intramolecular Hbond substituents is 2. The fourth-order valence-corrected chi connectivity index (χ4v) is 1.63. The van der Waals surface area contributed by atoms with Crippen molar-refractivity contribution in [2.45, 2.75) is 13.8 Å². The van der Waals surface area contributed by atoms with Crippen LogP contribution in [-0.2, 0) is 0 Å². The fourth-order valence-electron chi connectivity index (χ4n) is 1.63. The van der Waals surface area contributed by atoms with Crippen molar-refractivity contribution in [3.63, 3.8) is 0 Å². The van der Waals surface area contributed by atoms with Crippen LogP contribution in [-0.4, -0.2) is 34.1 Å². The summed E-state index contributed by atoms with van der Waals surface area (Å²) in [4.78, 5) is 13.6. The topological polar surface area (TPSA) is 84.6 Å². The molecule has 0 heterocycles. The van der Waals surface area contributed by atoms with Crippen LogP contribution in [0.15, 0.2) is 18.2 Å². The summed E-state index contributed by atoms with van der Waals surface area (Å²) in [7, 11) is 0. The minimum Gasteiger partial charge on any atom is -0.507 e. The average Bonchev–Trinajstić information content (AvgIpc) is 2.35. The average molecular weight is 248 g/mol. The van der Waals surface area contributed by atoms with E-state index in [0.29, 0.717) is 6.54 Å². The third-order valence-corrected chi connectivity index (χ3v) is 2.62. The van der Waals surface area contributed by atoms with E-state index >= 15 is 0 Å². The molecular formula is C13H16N2O3. The SMILES string of the molecule is CCN(CC(C)C#N)C(=O)c1c(O)cccc1O. The van der Waals surface area contributed by atoms with Crippen molar-refractivity contribution in [1.82, 2.24) is 4.90 Å². The number of hydrogen-bond acceptors (Lipinski definition) is 4. The molecule has 96 valence electrons. The standard InChI is InChI=1S/C13H16N2O3/c1-3-15(8-9(2)7-14)13(18)12-10(16)5-4-6-11(12)17/h4-6,9,16-17H,3,8H2,1-2H3. The van der Waals surface area contributed by atoms with Gasteiger partial charge in [-0.1, -0.05) is 6.07 Å². The monoisotopic (exact) mass is 248 g/mol. The van der Waals surface area contributed by atoms with Gasteiger partial charge in [0.2, 0.25) is 0 Å². The predicted molar refractivity (Wildman–Crippen MR) is 66.1 cm³/mol. The van der Waals surface area contributed by atoms with E-state index < -0.39 is 5.91 Å². The van der Waals surface area contributed by atoms with Crippen molar-refractivity contribution in [3.8, 4) is 17.6 Å². The molecule has 0 spiro atoms. The van der Waals surface area contributed by atoms with Crippen molar-refractivity contribution in [3.05, 3.63) is 23.8 Å². The lowest BCUT2D eigenvalue weighted by atomic mass is 10.1. The van der Waals surface area contributed by atoms with Gasteiger partial charge in [0.05, 0.1) is 12.0 Å². The quantitative estimate of drug-likeness (QED) is 0.849. The fraction of sp³-hybridized carbons (Fsp3) is 0.385. The first kappa shape index (κ1) is 13.8. The first-order chi connectivity index (χ1) is 8.51. The van der Waals surface area contributed by atoms with Gasteiger partial charge >= 0.3 is 0 Å². The Kier molecular flexibility index (Phi) is 4.55. The van der Waals surface area contributed by atoms with E-state index in [2.05, 4.69) is 0 Å². The Balaban J connectivity index is 3.01. The number of hydrogen-bond donors (Lipinski definition) is 2. The second kappa shape index (κ2) is 5.92. The summed E-state index contributed by atoms with van der Waals surface area (Å²) in [6.07, 6.45) is 0. The highest BCUT2D eigenvalue weighted by molar-refractivity contribution is 5.99. The predicted octanol–water partition coefficient (Wildman–Crippen LogP) is 1.72. The molecule has 18 heavy (non-hydrogen) atoms. The van der Waals surface area contributed by atoms with Gasteiger partial charge in [-0.2, -0.15) is 5.26 Å². The van der Waals surface area contributed by atoms with Crippen LogP contribution >= 0.6 is 0 Å². The van der Waals surface area contributed by atoms with Gasteiger partial charge in [0.1, 0.15) is 17.1 Å². The molecule has 1 amide bonds. The smallest absolute Gasteiger partial charge is 0.261 e. The van der Waals surface area contributed by atoms with Crippen LogP contribution in [0.3, 0.4) is 0 Å². The minimum atomic E-state index is -0.477. The molecule has 1 aromatic rings. The van der Waals surface area contributed by atoms with Gasteiger partial charge in [-0.25, -0.2) is 0 Å². The number of carbonyl (C=O) groups is 1. The Labute approximate surface area is 106 Å². The highest BCUT2D eigenvalue weighted by Gasteiger charge is 2.22. The van der Waals surface area contributed by atoms with E-state index in [-0.39, 0.29) is 29.5 Å². The molecule has 1 unspecified atom stereocenters. The number of phenols is 2. The summed E-state index contributed by atoms with van der Waals surface area (Å²) in [6, 6.07) is 6.18. The van der Waals surface area contributed by atoms with E-state index in [1.54, 1.807) is 13.8 Å². The second-order valence-electron chi connectivity index (χ2n) is 4.05. The molecule has 1 rings (SSSR count). The number of benzene rings is 1. The maximum Gasteiger partial charge on any atom is 0.261 e. The summed E-state index contributed by atoms with van der Waals surface area (Å²) in [5, 5.41) is 28.0. The van der Waals surface area contributed by atoms with Gasteiger partial charge in [-0.15, -0.1) is 0 Å². The van der Waals surface area contributed by atoms with Crippen LogP contribution in [0.1, 0.15) is 24.2 Å². The summed E-state index contributed by atoms with van der Waals surface area (Å²) < 4.78 is 0. The number of nitriles is 1. The Morgan fingerprint density at radius 1 is 1.44 bits per heavy atom. The Morgan fingerprint density at radius 2 is 2.00 bits per heavy atom. The highest BCUT2D eigenvalue weighted by atomic mass is 16.3. The van der Waals surface area contributed by atoms with Gasteiger partial charge in [-0.3, -0.25) is 4.79 Å². The summed E-state index contributed by atoms with van der Waals surface area (Å²) in [5.74, 6) is -1.30. The van der Waals surface area contributed by atoms with Crippen LogP contribution in [0, 0.1) is 17.2 Å². The van der Waals surface area contributed by atoms with E-state index in [1.165, 1.54) is 23.1 Å². The number of amides is 1. The molecule has 5 nitrogen and oxygen atoms in total. The first-order valence-corrected chi connectivity index (χ1v) is 5.71. The van der Waals surface area contributed by atoms with Crippen molar-refractivity contribution >= 4 is 5.91 Å². The largest absolute Gasteiger partial charge is 0.507 e. The minimum absolute atomic E-state index is 0.121. The summed E-state index contributed by atoms with van der Waals surface area (Å²) >= 11 is 0. The molecule has 1 aromatic carbocycles. The lowest BCUT2D eigenvalue weighted by molar-refractivity contribution is 0.0746. The normalized spacial score (nSPS) is 11.6. The zero-order chi connectivity index (χ0) is 13.7. The molecule has 5 heteroatoms. The molecule has 0 aromatic heterocycles. The van der Waals surface area contributed by atoms with Crippen molar-refractivity contribution in [1.29, 1.82) is 5.26 Å². The molecular weight excluding hydrogens is 232 g/mol. The summed E-state index contributed by atoms with van der Waals surface area (Å²) in [5.41, 5.74) is -0.121. The molecule has 0 bridgehead atoms. The molecule has 1 atom stereocenters. The Hall–Kier alpha value is -2.22. The van der Waals surface area contributed by atoms with Gasteiger partial charge in [0.25, 0.3) is 5.91 Å². The van der Waals surface area contributed by atoms with Crippen LogP contribution in [0.25, 0.3) is 0 Å². The third kappa shape index (κ3) is 2.92. The molecule has 0 saturated carbocycles. The van der Waals surface area contributed by atoms with Crippen molar-refractivity contribution < 1.29 is 15.0 Å². The van der Waals surface area contributed by atoms with Crippen molar-refractivity contribution in [2.24, 2.45) is 5.92 Å². The van der Waals surface area contributed by atoms with Crippen LogP contribution < -0.4 is 0 Å². The highest BCUT2D eigenvalue weighted by Crippen LogP contribution is 2.27. The molecule has 0 radical (unpaired) electrons. The van der Waals surface area contributed by atoms with E-state index in [1.807, 2.05) is 6.07 Å². The van der Waals surface area contributed by atoms with E-state index in [9.17, 15) is 15.0 Å². The van der Waals surface area contributed by atoms with Gasteiger partial charge in [0.15, 0.2) is 0 Å². The maximum absolute atomic E-state index is 12.2. The number of nitrogens with zero attached hydrogens (tertiary/aromatic N) is 2. The zero-order valence-corrected chi connectivity index (χ0v) is 10.4. The third-order valence-electron chi connectivity index (χ3n) is 2.62. The zero-order valence-electron chi connectivity index (χ0n) is 10.4. The maximum atomic E-state index is 12.2. The lowest BCUT2D eigenvalue weighted by Gasteiger charge is -2.22. The summed E-state index contributed by atoms with van der Waals surface area (Å²) in [6.45, 7) is 4.15. The van der Waals surface area contributed by atoms with Crippen molar-refractivity contribution in [2.75, 3.05) is 13.1 Å². The van der Waals surface area contributed by atoms with Gasteiger partial charge in [-0.05, 0) is 26.0 Å². The molecule has 0 aliphatic heterocycles. The van der Waals surface area contributed by atoms with Gasteiger partial charge < -0.3 is 15.1 Å². The number of rotatable bonds is 4.